The largest absolute Gasteiger partial charge is 0.352 e. The summed E-state index contributed by atoms with van der Waals surface area (Å²) in [5.74, 6) is 0.822. The Balaban J connectivity index is 0.00000140. The molecule has 4 rings (SSSR count). The molecule has 0 saturated carbocycles. The molecule has 1 saturated heterocycles. The summed E-state index contributed by atoms with van der Waals surface area (Å²) >= 11 is 0. The first-order valence-corrected chi connectivity index (χ1v) is 8.65. The Hall–Kier alpha value is -2.42. The lowest BCUT2D eigenvalue weighted by molar-refractivity contribution is -0.133. The van der Waals surface area contributed by atoms with Crippen molar-refractivity contribution in [2.24, 2.45) is 5.73 Å². The van der Waals surface area contributed by atoms with Crippen molar-refractivity contribution < 1.29 is 4.79 Å². The number of piperazine rings is 1. The molecule has 0 radical (unpaired) electrons. The predicted molar refractivity (Wildman–Crippen MR) is 112 cm³/mol. The maximum Gasteiger partial charge on any atom is 0.244 e. The highest BCUT2D eigenvalue weighted by Gasteiger charge is 2.26. The number of carbonyl (C=O) groups is 1. The fraction of sp³-hybridized carbons (Fsp3) is 0.333. The van der Waals surface area contributed by atoms with Gasteiger partial charge in [-0.05, 0) is 24.6 Å². The van der Waals surface area contributed by atoms with Gasteiger partial charge >= 0.3 is 0 Å². The van der Waals surface area contributed by atoms with Gasteiger partial charge in [-0.15, -0.1) is 40.1 Å². The standard InChI is InChI=1S/C18H21N7O.2ClH/c1-13-2-4-14(5-3-13)17(19)18(26)24-10-8-23(9-11-24)16-7-6-15-21-20-12-25(15)22-16;;/h2-7,12,17H,8-11,19H2,1H3;2*1H. The second-order valence-corrected chi connectivity index (χ2v) is 6.53. The molecule has 2 N–H and O–H groups in total. The molecule has 3 heterocycles. The zero-order valence-corrected chi connectivity index (χ0v) is 17.1. The molecule has 1 unspecified atom stereocenters. The van der Waals surface area contributed by atoms with Crippen molar-refractivity contribution in [2.75, 3.05) is 31.1 Å². The minimum absolute atomic E-state index is 0. The number of anilines is 1. The van der Waals surface area contributed by atoms with Crippen LogP contribution >= 0.6 is 24.8 Å². The monoisotopic (exact) mass is 423 g/mol. The molecule has 1 aromatic carbocycles. The van der Waals surface area contributed by atoms with Crippen molar-refractivity contribution in [1.82, 2.24) is 24.7 Å². The number of nitrogens with two attached hydrogens (primary N) is 1. The van der Waals surface area contributed by atoms with Crippen molar-refractivity contribution in [3.05, 3.63) is 53.9 Å². The number of fused-ring (bicyclic) bond motifs is 1. The quantitative estimate of drug-likeness (QED) is 0.687. The Morgan fingerprint density at radius 3 is 2.39 bits per heavy atom. The van der Waals surface area contributed by atoms with Crippen LogP contribution in [0, 0.1) is 6.92 Å². The van der Waals surface area contributed by atoms with E-state index in [-0.39, 0.29) is 30.7 Å². The van der Waals surface area contributed by atoms with Crippen molar-refractivity contribution in [1.29, 1.82) is 0 Å². The predicted octanol–water partition coefficient (Wildman–Crippen LogP) is 1.62. The number of benzene rings is 1. The zero-order valence-electron chi connectivity index (χ0n) is 15.4. The molecule has 3 aromatic rings. The fourth-order valence-electron chi connectivity index (χ4n) is 3.16. The Morgan fingerprint density at radius 1 is 1.04 bits per heavy atom. The Morgan fingerprint density at radius 2 is 1.71 bits per heavy atom. The van der Waals surface area contributed by atoms with E-state index < -0.39 is 6.04 Å². The van der Waals surface area contributed by atoms with Gasteiger partial charge in [-0.1, -0.05) is 29.8 Å². The SMILES string of the molecule is Cc1ccc(C(N)C(=O)N2CCN(c3ccc4nncn4n3)CC2)cc1.Cl.Cl. The smallest absolute Gasteiger partial charge is 0.244 e. The number of rotatable bonds is 3. The van der Waals surface area contributed by atoms with E-state index in [0.29, 0.717) is 31.8 Å². The van der Waals surface area contributed by atoms with Gasteiger partial charge in [-0.25, -0.2) is 0 Å². The molecule has 1 aliphatic rings. The highest BCUT2D eigenvalue weighted by molar-refractivity contribution is 5.85. The van der Waals surface area contributed by atoms with Crippen molar-refractivity contribution >= 4 is 42.2 Å². The van der Waals surface area contributed by atoms with Gasteiger partial charge in [-0.2, -0.15) is 4.52 Å². The molecule has 0 bridgehead atoms. The van der Waals surface area contributed by atoms with Crippen LogP contribution in [0.5, 0.6) is 0 Å². The minimum atomic E-state index is -0.617. The third kappa shape index (κ3) is 4.35. The van der Waals surface area contributed by atoms with Crippen LogP contribution in [-0.2, 0) is 4.79 Å². The van der Waals surface area contributed by atoms with E-state index >= 15 is 0 Å². The molecule has 0 aliphatic carbocycles. The summed E-state index contributed by atoms with van der Waals surface area (Å²) in [7, 11) is 0. The number of halogens is 2. The number of carbonyl (C=O) groups excluding carboxylic acids is 1. The van der Waals surface area contributed by atoms with Crippen LogP contribution in [0.4, 0.5) is 5.82 Å². The van der Waals surface area contributed by atoms with Gasteiger partial charge in [-0.3, -0.25) is 4.79 Å². The summed E-state index contributed by atoms with van der Waals surface area (Å²) in [6.45, 7) is 4.70. The molecular weight excluding hydrogens is 401 g/mol. The summed E-state index contributed by atoms with van der Waals surface area (Å²) in [6, 6.07) is 11.0. The van der Waals surface area contributed by atoms with E-state index in [9.17, 15) is 4.79 Å². The first-order chi connectivity index (χ1) is 12.6. The molecule has 8 nitrogen and oxygen atoms in total. The van der Waals surface area contributed by atoms with Crippen LogP contribution in [0.1, 0.15) is 17.2 Å². The average molecular weight is 424 g/mol. The van der Waals surface area contributed by atoms with Gasteiger partial charge in [0.1, 0.15) is 18.2 Å². The van der Waals surface area contributed by atoms with E-state index in [2.05, 4.69) is 20.2 Å². The average Bonchev–Trinajstić information content (AvgIpc) is 3.15. The van der Waals surface area contributed by atoms with Crippen LogP contribution < -0.4 is 10.6 Å². The third-order valence-corrected chi connectivity index (χ3v) is 4.77. The molecule has 1 fully saturated rings. The molecule has 1 amide bonds. The molecule has 1 aliphatic heterocycles. The molecular formula is C18H23Cl2N7O. The third-order valence-electron chi connectivity index (χ3n) is 4.77. The molecule has 10 heteroatoms. The zero-order chi connectivity index (χ0) is 18.1. The fourth-order valence-corrected chi connectivity index (χ4v) is 3.16. The van der Waals surface area contributed by atoms with Crippen molar-refractivity contribution in [2.45, 2.75) is 13.0 Å². The topological polar surface area (TPSA) is 92.7 Å². The number of nitrogens with zero attached hydrogens (tertiary/aromatic N) is 6. The summed E-state index contributed by atoms with van der Waals surface area (Å²) in [6.07, 6.45) is 1.58. The lowest BCUT2D eigenvalue weighted by Gasteiger charge is -2.36. The maximum atomic E-state index is 12.7. The van der Waals surface area contributed by atoms with Gasteiger partial charge in [0.05, 0.1) is 0 Å². The van der Waals surface area contributed by atoms with E-state index in [1.54, 1.807) is 10.8 Å². The van der Waals surface area contributed by atoms with Crippen LogP contribution in [-0.4, -0.2) is 56.8 Å². The van der Waals surface area contributed by atoms with Crippen LogP contribution in [0.15, 0.2) is 42.7 Å². The van der Waals surface area contributed by atoms with E-state index in [1.807, 2.05) is 48.2 Å². The van der Waals surface area contributed by atoms with Crippen LogP contribution in [0.3, 0.4) is 0 Å². The number of hydrogen-bond acceptors (Lipinski definition) is 6. The Labute approximate surface area is 175 Å². The highest BCUT2D eigenvalue weighted by atomic mass is 35.5. The summed E-state index contributed by atoms with van der Waals surface area (Å²) in [5, 5.41) is 12.3. The Kier molecular flexibility index (Phi) is 7.17. The van der Waals surface area contributed by atoms with Gasteiger partial charge in [0.25, 0.3) is 0 Å². The van der Waals surface area contributed by atoms with E-state index in [4.69, 9.17) is 5.73 Å². The maximum absolute atomic E-state index is 12.7. The Bertz CT molecular complexity index is 923. The highest BCUT2D eigenvalue weighted by Crippen LogP contribution is 2.18. The summed E-state index contributed by atoms with van der Waals surface area (Å²) in [4.78, 5) is 16.7. The van der Waals surface area contributed by atoms with Crippen LogP contribution in [0.25, 0.3) is 5.65 Å². The first-order valence-electron chi connectivity index (χ1n) is 8.65. The second kappa shape index (κ2) is 9.18. The van der Waals surface area contributed by atoms with Gasteiger partial charge in [0.15, 0.2) is 5.65 Å². The number of amides is 1. The normalized spacial score (nSPS) is 14.9. The van der Waals surface area contributed by atoms with Gasteiger partial charge < -0.3 is 15.5 Å². The number of hydrogen-bond donors (Lipinski definition) is 1. The van der Waals surface area contributed by atoms with Crippen LogP contribution in [0.2, 0.25) is 0 Å². The first kappa shape index (κ1) is 21.9. The van der Waals surface area contributed by atoms with Crippen molar-refractivity contribution in [3.63, 3.8) is 0 Å². The summed E-state index contributed by atoms with van der Waals surface area (Å²) < 4.78 is 1.65. The molecule has 28 heavy (non-hydrogen) atoms. The lowest BCUT2D eigenvalue weighted by atomic mass is 10.0. The molecule has 150 valence electrons. The molecule has 2 aromatic heterocycles. The van der Waals surface area contributed by atoms with Crippen molar-refractivity contribution in [3.8, 4) is 0 Å². The minimum Gasteiger partial charge on any atom is -0.352 e. The van der Waals surface area contributed by atoms with E-state index in [0.717, 1.165) is 16.9 Å². The molecule has 0 spiro atoms. The summed E-state index contributed by atoms with van der Waals surface area (Å²) in [5.41, 5.74) is 8.90. The number of aromatic nitrogens is 4. The van der Waals surface area contributed by atoms with E-state index in [1.165, 1.54) is 0 Å². The molecule has 1 atom stereocenters. The number of aryl methyl sites for hydroxylation is 1. The van der Waals surface area contributed by atoms with Gasteiger partial charge in [0.2, 0.25) is 5.91 Å². The lowest BCUT2D eigenvalue weighted by Crippen LogP contribution is -2.51. The second-order valence-electron chi connectivity index (χ2n) is 6.53. The van der Waals surface area contributed by atoms with Gasteiger partial charge in [0, 0.05) is 26.2 Å².